The van der Waals surface area contributed by atoms with E-state index in [2.05, 4.69) is 25.4 Å². The molecule has 0 saturated carbocycles. The van der Waals surface area contributed by atoms with E-state index in [-0.39, 0.29) is 17.5 Å². The van der Waals surface area contributed by atoms with Crippen LogP contribution in [0.5, 0.6) is 5.88 Å². The lowest BCUT2D eigenvalue weighted by Gasteiger charge is -2.11. The zero-order chi connectivity index (χ0) is 23.4. The van der Waals surface area contributed by atoms with Gasteiger partial charge in [-0.05, 0) is 36.2 Å². The number of aromatic nitrogens is 5. The smallest absolute Gasteiger partial charge is 0.422 e. The molecule has 0 radical (unpaired) electrons. The fourth-order valence-electron chi connectivity index (χ4n) is 3.22. The molecule has 170 valence electrons. The summed E-state index contributed by atoms with van der Waals surface area (Å²) < 4.78 is 43.5. The number of amides is 1. The summed E-state index contributed by atoms with van der Waals surface area (Å²) in [6.45, 7) is 0.838. The van der Waals surface area contributed by atoms with Crippen molar-refractivity contribution in [3.05, 3.63) is 77.6 Å². The minimum absolute atomic E-state index is 0.0709. The second-order valence-corrected chi connectivity index (χ2v) is 7.33. The number of hydrogen-bond acceptors (Lipinski definition) is 6. The number of rotatable bonds is 7. The molecule has 0 aliphatic carbocycles. The number of nitrogens with zero attached hydrogens (tertiary/aromatic N) is 5. The van der Waals surface area contributed by atoms with Gasteiger partial charge in [0.05, 0.1) is 17.4 Å². The summed E-state index contributed by atoms with van der Waals surface area (Å²) >= 11 is 0. The number of fused-ring (bicyclic) bond motifs is 1. The van der Waals surface area contributed by atoms with E-state index in [1.54, 1.807) is 48.4 Å². The van der Waals surface area contributed by atoms with Crippen molar-refractivity contribution in [3.8, 4) is 5.88 Å². The highest BCUT2D eigenvalue weighted by Crippen LogP contribution is 2.21. The van der Waals surface area contributed by atoms with Crippen molar-refractivity contribution in [3.63, 3.8) is 0 Å². The highest BCUT2D eigenvalue weighted by Gasteiger charge is 2.29. The molecular formula is C22H19F3N6O2. The third-order valence-electron chi connectivity index (χ3n) is 4.68. The monoisotopic (exact) mass is 456 g/mol. The van der Waals surface area contributed by atoms with Crippen LogP contribution in [-0.2, 0) is 13.1 Å². The van der Waals surface area contributed by atoms with Crippen molar-refractivity contribution >= 4 is 16.8 Å². The van der Waals surface area contributed by atoms with Crippen molar-refractivity contribution in [1.29, 1.82) is 0 Å². The first-order chi connectivity index (χ1) is 15.8. The number of pyridine rings is 3. The molecule has 4 rings (SSSR count). The second kappa shape index (κ2) is 9.23. The van der Waals surface area contributed by atoms with Gasteiger partial charge in [0.2, 0.25) is 5.88 Å². The van der Waals surface area contributed by atoms with Gasteiger partial charge in [0.15, 0.2) is 6.61 Å². The third-order valence-corrected chi connectivity index (χ3v) is 4.68. The lowest BCUT2D eigenvalue weighted by atomic mass is 10.2. The molecule has 0 unspecified atom stereocenters. The van der Waals surface area contributed by atoms with Gasteiger partial charge in [0.25, 0.3) is 5.91 Å². The van der Waals surface area contributed by atoms with Crippen LogP contribution in [-0.4, -0.2) is 43.4 Å². The molecule has 0 saturated heterocycles. The van der Waals surface area contributed by atoms with E-state index in [0.717, 1.165) is 11.1 Å². The maximum atomic E-state index is 12.7. The average molecular weight is 456 g/mol. The Hall–Kier alpha value is -4.02. The number of halogens is 3. The van der Waals surface area contributed by atoms with Gasteiger partial charge in [-0.25, -0.2) is 4.98 Å². The molecule has 11 heteroatoms. The Balaban J connectivity index is 1.48. The Morgan fingerprint density at radius 1 is 1.15 bits per heavy atom. The van der Waals surface area contributed by atoms with Gasteiger partial charge in [-0.15, -0.1) is 0 Å². The minimum Gasteiger partial charge on any atom is -0.468 e. The Kier molecular flexibility index (Phi) is 6.20. The predicted octanol–water partition coefficient (Wildman–Crippen LogP) is 3.45. The summed E-state index contributed by atoms with van der Waals surface area (Å²) in [5.74, 6) is -0.411. The molecule has 4 aromatic rings. The van der Waals surface area contributed by atoms with Gasteiger partial charge in [0.1, 0.15) is 5.69 Å². The Morgan fingerprint density at radius 3 is 2.73 bits per heavy atom. The summed E-state index contributed by atoms with van der Waals surface area (Å²) in [5, 5.41) is 7.87. The number of alkyl halides is 3. The topological polar surface area (TPSA) is 94.8 Å². The number of aryl methyl sites for hydroxylation is 1. The summed E-state index contributed by atoms with van der Waals surface area (Å²) in [5.41, 5.74) is 2.89. The molecule has 1 N–H and O–H groups in total. The quantitative estimate of drug-likeness (QED) is 0.458. The SMILES string of the molecule is Cc1cc(Cn2cc3c(C(=O)NCc4cccnc4)nccc3n2)cnc1OCC(F)(F)F. The van der Waals surface area contributed by atoms with E-state index in [1.165, 1.54) is 12.4 Å². The molecule has 0 aliphatic rings. The molecule has 0 aromatic carbocycles. The number of nitrogens with one attached hydrogen (secondary N) is 1. The van der Waals surface area contributed by atoms with Crippen LogP contribution >= 0.6 is 0 Å². The van der Waals surface area contributed by atoms with Crippen molar-refractivity contribution in [2.75, 3.05) is 6.61 Å². The third kappa shape index (κ3) is 5.62. The Labute approximate surface area is 186 Å². The molecule has 8 nitrogen and oxygen atoms in total. The molecule has 1 amide bonds. The molecular weight excluding hydrogens is 437 g/mol. The van der Waals surface area contributed by atoms with Gasteiger partial charge in [-0.2, -0.15) is 18.3 Å². The van der Waals surface area contributed by atoms with Crippen LogP contribution in [0, 0.1) is 6.92 Å². The standard InChI is InChI=1S/C22H19F3N6O2/c1-14-7-16(10-29-21(14)33-13-22(23,24)25)11-31-12-17-18(30-31)4-6-27-19(17)20(32)28-9-15-3-2-5-26-8-15/h2-8,10,12H,9,11,13H2,1H3,(H,28,32). The average Bonchev–Trinajstić information content (AvgIpc) is 3.19. The first-order valence-electron chi connectivity index (χ1n) is 9.93. The van der Waals surface area contributed by atoms with Gasteiger partial charge < -0.3 is 10.1 Å². The van der Waals surface area contributed by atoms with Gasteiger partial charge in [0, 0.05) is 43.1 Å². The fraction of sp³-hybridized carbons (Fsp3) is 0.227. The fourth-order valence-corrected chi connectivity index (χ4v) is 3.22. The van der Waals surface area contributed by atoms with E-state index >= 15 is 0 Å². The Bertz CT molecular complexity index is 1270. The highest BCUT2D eigenvalue weighted by atomic mass is 19.4. The van der Waals surface area contributed by atoms with Crippen molar-refractivity contribution in [1.82, 2.24) is 30.0 Å². The second-order valence-electron chi connectivity index (χ2n) is 7.33. The van der Waals surface area contributed by atoms with Crippen molar-refractivity contribution in [2.45, 2.75) is 26.2 Å². The van der Waals surface area contributed by atoms with E-state index in [4.69, 9.17) is 4.74 Å². The summed E-state index contributed by atoms with van der Waals surface area (Å²) in [6.07, 6.45) is 3.54. The molecule has 33 heavy (non-hydrogen) atoms. The minimum atomic E-state index is -4.43. The number of carbonyl (C=O) groups excluding carboxylic acids is 1. The van der Waals surface area contributed by atoms with Crippen molar-refractivity contribution in [2.24, 2.45) is 0 Å². The molecule has 0 fully saturated rings. The van der Waals surface area contributed by atoms with E-state index in [1.807, 2.05) is 6.07 Å². The zero-order valence-electron chi connectivity index (χ0n) is 17.5. The van der Waals surface area contributed by atoms with Gasteiger partial charge >= 0.3 is 6.18 Å². The number of hydrogen-bond donors (Lipinski definition) is 1. The lowest BCUT2D eigenvalue weighted by Crippen LogP contribution is -2.24. The molecule has 0 atom stereocenters. The molecule has 0 bridgehead atoms. The molecule has 0 spiro atoms. The lowest BCUT2D eigenvalue weighted by molar-refractivity contribution is -0.154. The van der Waals surface area contributed by atoms with Crippen LogP contribution in [0.1, 0.15) is 27.2 Å². The molecule has 0 aliphatic heterocycles. The maximum absolute atomic E-state index is 12.7. The summed E-state index contributed by atoms with van der Waals surface area (Å²) in [6, 6.07) is 7.02. The van der Waals surface area contributed by atoms with Crippen LogP contribution in [0.25, 0.3) is 10.9 Å². The van der Waals surface area contributed by atoms with Gasteiger partial charge in [-0.1, -0.05) is 6.07 Å². The van der Waals surface area contributed by atoms with E-state index in [0.29, 0.717) is 29.6 Å². The zero-order valence-corrected chi connectivity index (χ0v) is 17.5. The van der Waals surface area contributed by atoms with Crippen LogP contribution in [0.2, 0.25) is 0 Å². The largest absolute Gasteiger partial charge is 0.468 e. The summed E-state index contributed by atoms with van der Waals surface area (Å²) in [4.78, 5) is 24.9. The van der Waals surface area contributed by atoms with Crippen LogP contribution in [0.4, 0.5) is 13.2 Å². The maximum Gasteiger partial charge on any atom is 0.422 e. The molecule has 4 aromatic heterocycles. The van der Waals surface area contributed by atoms with Crippen molar-refractivity contribution < 1.29 is 22.7 Å². The van der Waals surface area contributed by atoms with Crippen LogP contribution < -0.4 is 10.1 Å². The predicted molar refractivity (Wildman–Crippen MR) is 113 cm³/mol. The number of carbonyl (C=O) groups is 1. The Morgan fingerprint density at radius 2 is 2.00 bits per heavy atom. The number of ether oxygens (including phenoxy) is 1. The summed E-state index contributed by atoms with van der Waals surface area (Å²) in [7, 11) is 0. The van der Waals surface area contributed by atoms with E-state index < -0.39 is 12.8 Å². The van der Waals surface area contributed by atoms with Gasteiger partial charge in [-0.3, -0.25) is 19.4 Å². The first kappa shape index (κ1) is 22.2. The first-order valence-corrected chi connectivity index (χ1v) is 9.93. The van der Waals surface area contributed by atoms with Crippen LogP contribution in [0.3, 0.4) is 0 Å². The normalized spacial score (nSPS) is 11.5. The van der Waals surface area contributed by atoms with Crippen LogP contribution in [0.15, 0.2) is 55.2 Å². The molecule has 4 heterocycles. The van der Waals surface area contributed by atoms with E-state index in [9.17, 15) is 18.0 Å². The highest BCUT2D eigenvalue weighted by molar-refractivity contribution is 6.04.